The van der Waals surface area contributed by atoms with E-state index in [1.807, 2.05) is 0 Å². The quantitative estimate of drug-likeness (QED) is 0.508. The van der Waals surface area contributed by atoms with Gasteiger partial charge < -0.3 is 10.8 Å². The Kier molecular flexibility index (Phi) is 4.22. The van der Waals surface area contributed by atoms with Crippen LogP contribution in [0.4, 0.5) is 10.1 Å². The number of sulfonamides is 1. The van der Waals surface area contributed by atoms with E-state index >= 15 is 0 Å². The molecule has 1 aromatic rings. The maximum atomic E-state index is 13.3. The highest BCUT2D eigenvalue weighted by molar-refractivity contribution is 7.89. The number of aliphatic hydroxyl groups excluding tert-OH is 1. The van der Waals surface area contributed by atoms with Crippen molar-refractivity contribution in [2.24, 2.45) is 0 Å². The van der Waals surface area contributed by atoms with E-state index in [4.69, 9.17) is 10.8 Å². The summed E-state index contributed by atoms with van der Waals surface area (Å²) >= 11 is 0. The first-order valence-electron chi connectivity index (χ1n) is 4.63. The highest BCUT2D eigenvalue weighted by Crippen LogP contribution is 2.16. The largest absolute Gasteiger partial charge is 0.399 e. The maximum absolute atomic E-state index is 13.3. The minimum absolute atomic E-state index is 0.0582. The van der Waals surface area contributed by atoms with Crippen LogP contribution in [-0.2, 0) is 10.0 Å². The molecule has 0 spiro atoms. The number of aliphatic hydroxyl groups is 1. The molecule has 0 bridgehead atoms. The molecule has 0 aromatic heterocycles. The second-order valence-corrected chi connectivity index (χ2v) is 4.90. The van der Waals surface area contributed by atoms with Gasteiger partial charge in [-0.2, -0.15) is 0 Å². The molecule has 0 aliphatic heterocycles. The van der Waals surface area contributed by atoms with Crippen molar-refractivity contribution < 1.29 is 17.9 Å². The van der Waals surface area contributed by atoms with Crippen LogP contribution in [0.2, 0.25) is 0 Å². The van der Waals surface area contributed by atoms with Crippen molar-refractivity contribution in [1.82, 2.24) is 4.72 Å². The maximum Gasteiger partial charge on any atom is 0.243 e. The van der Waals surface area contributed by atoms with Crippen LogP contribution in [0, 0.1) is 5.82 Å². The molecule has 0 aliphatic rings. The fraction of sp³-hybridized carbons (Fsp3) is 0.333. The lowest BCUT2D eigenvalue weighted by molar-refractivity contribution is 0.289. The molecule has 90 valence electrons. The van der Waals surface area contributed by atoms with Gasteiger partial charge in [0.15, 0.2) is 0 Å². The summed E-state index contributed by atoms with van der Waals surface area (Å²) in [5.74, 6) is -0.892. The van der Waals surface area contributed by atoms with Crippen LogP contribution in [0.5, 0.6) is 0 Å². The molecular weight excluding hydrogens is 235 g/mol. The van der Waals surface area contributed by atoms with Crippen molar-refractivity contribution in [3.05, 3.63) is 24.0 Å². The Morgan fingerprint density at radius 1 is 1.44 bits per heavy atom. The second kappa shape index (κ2) is 5.24. The number of hydrogen-bond donors (Lipinski definition) is 3. The van der Waals surface area contributed by atoms with Crippen LogP contribution in [-0.4, -0.2) is 26.7 Å². The summed E-state index contributed by atoms with van der Waals surface area (Å²) in [4.78, 5) is -0.445. The lowest BCUT2D eigenvalue weighted by Crippen LogP contribution is -2.26. The number of anilines is 1. The fourth-order valence-corrected chi connectivity index (χ4v) is 2.23. The number of nitrogens with two attached hydrogens (primary N) is 1. The van der Waals surface area contributed by atoms with E-state index in [-0.39, 0.29) is 25.3 Å². The first kappa shape index (κ1) is 12.9. The lowest BCUT2D eigenvalue weighted by Gasteiger charge is -2.07. The highest BCUT2D eigenvalue weighted by atomic mass is 32.2. The third-order valence-corrected chi connectivity index (χ3v) is 3.37. The van der Waals surface area contributed by atoms with E-state index in [9.17, 15) is 12.8 Å². The van der Waals surface area contributed by atoms with Crippen LogP contribution in [0.1, 0.15) is 6.42 Å². The van der Waals surface area contributed by atoms with Gasteiger partial charge in [0, 0.05) is 18.8 Å². The predicted molar refractivity (Wildman–Crippen MR) is 57.7 cm³/mol. The number of nitrogen functional groups attached to an aromatic ring is 1. The van der Waals surface area contributed by atoms with E-state index in [0.29, 0.717) is 0 Å². The number of hydrogen-bond acceptors (Lipinski definition) is 4. The molecule has 0 amide bonds. The van der Waals surface area contributed by atoms with E-state index in [1.165, 1.54) is 6.07 Å². The molecule has 5 nitrogen and oxygen atoms in total. The average molecular weight is 248 g/mol. The predicted octanol–water partition coefficient (Wildman–Crippen LogP) is 0.0686. The molecule has 0 aliphatic carbocycles. The molecule has 0 radical (unpaired) electrons. The Balaban J connectivity index is 2.90. The van der Waals surface area contributed by atoms with Gasteiger partial charge in [0.2, 0.25) is 10.0 Å². The third kappa shape index (κ3) is 3.16. The minimum Gasteiger partial charge on any atom is -0.399 e. The topological polar surface area (TPSA) is 92.4 Å². The molecule has 0 unspecified atom stereocenters. The van der Waals surface area contributed by atoms with Gasteiger partial charge in [0.25, 0.3) is 0 Å². The zero-order valence-electron chi connectivity index (χ0n) is 8.48. The van der Waals surface area contributed by atoms with Crippen LogP contribution < -0.4 is 10.5 Å². The van der Waals surface area contributed by atoms with Crippen molar-refractivity contribution in [2.45, 2.75) is 11.3 Å². The highest BCUT2D eigenvalue weighted by Gasteiger charge is 2.18. The SMILES string of the molecule is Nc1ccc(S(=O)(=O)NCCCO)c(F)c1. The van der Waals surface area contributed by atoms with E-state index in [0.717, 1.165) is 12.1 Å². The molecule has 7 heteroatoms. The number of rotatable bonds is 5. The van der Waals surface area contributed by atoms with Gasteiger partial charge in [0.1, 0.15) is 10.7 Å². The molecule has 0 fully saturated rings. The molecular formula is C9H13FN2O3S. The molecule has 0 saturated heterocycles. The van der Waals surface area contributed by atoms with Gasteiger partial charge in [0.05, 0.1) is 0 Å². The van der Waals surface area contributed by atoms with Crippen molar-refractivity contribution in [1.29, 1.82) is 0 Å². The number of halogens is 1. The summed E-state index contributed by atoms with van der Waals surface area (Å²) in [6, 6.07) is 3.36. The zero-order chi connectivity index (χ0) is 12.2. The molecule has 16 heavy (non-hydrogen) atoms. The molecule has 0 heterocycles. The van der Waals surface area contributed by atoms with E-state index in [2.05, 4.69) is 4.72 Å². The van der Waals surface area contributed by atoms with Crippen molar-refractivity contribution in [3.63, 3.8) is 0 Å². The van der Waals surface area contributed by atoms with Crippen LogP contribution in [0.25, 0.3) is 0 Å². The van der Waals surface area contributed by atoms with Crippen molar-refractivity contribution in [2.75, 3.05) is 18.9 Å². The van der Waals surface area contributed by atoms with Crippen molar-refractivity contribution in [3.8, 4) is 0 Å². The first-order chi connectivity index (χ1) is 7.47. The molecule has 4 N–H and O–H groups in total. The lowest BCUT2D eigenvalue weighted by atomic mass is 10.3. The molecule has 0 atom stereocenters. The number of nitrogens with one attached hydrogen (secondary N) is 1. The summed E-state index contributed by atoms with van der Waals surface area (Å²) < 4.78 is 38.6. The Hall–Kier alpha value is -1.18. The minimum atomic E-state index is -3.87. The summed E-state index contributed by atoms with van der Waals surface area (Å²) in [6.07, 6.45) is 0.274. The normalized spacial score (nSPS) is 11.6. The third-order valence-electron chi connectivity index (χ3n) is 1.87. The average Bonchev–Trinajstić information content (AvgIpc) is 2.17. The van der Waals surface area contributed by atoms with Gasteiger partial charge in [-0.1, -0.05) is 0 Å². The van der Waals surface area contributed by atoms with Gasteiger partial charge >= 0.3 is 0 Å². The smallest absolute Gasteiger partial charge is 0.243 e. The standard InChI is InChI=1S/C9H13FN2O3S/c10-8-6-7(11)2-3-9(8)16(14,15)12-4-1-5-13/h2-3,6,12-13H,1,4-5,11H2. The summed E-state index contributed by atoms with van der Waals surface area (Å²) in [7, 11) is -3.87. The van der Waals surface area contributed by atoms with Gasteiger partial charge in [-0.15, -0.1) is 0 Å². The Morgan fingerprint density at radius 3 is 2.69 bits per heavy atom. The van der Waals surface area contributed by atoms with Crippen LogP contribution in [0.15, 0.2) is 23.1 Å². The van der Waals surface area contributed by atoms with Crippen molar-refractivity contribution >= 4 is 15.7 Å². The Morgan fingerprint density at radius 2 is 2.12 bits per heavy atom. The molecule has 1 aromatic carbocycles. The van der Waals surface area contributed by atoms with Gasteiger partial charge in [-0.3, -0.25) is 0 Å². The van der Waals surface area contributed by atoms with Crippen LogP contribution in [0.3, 0.4) is 0 Å². The summed E-state index contributed by atoms with van der Waals surface area (Å²) in [5.41, 5.74) is 5.46. The molecule has 1 rings (SSSR count). The van der Waals surface area contributed by atoms with Gasteiger partial charge in [-0.05, 0) is 24.6 Å². The second-order valence-electron chi connectivity index (χ2n) is 3.16. The Bertz CT molecular complexity index is 462. The van der Waals surface area contributed by atoms with Gasteiger partial charge in [-0.25, -0.2) is 17.5 Å². The fourth-order valence-electron chi connectivity index (χ4n) is 1.10. The van der Waals surface area contributed by atoms with Crippen LogP contribution >= 0.6 is 0 Å². The Labute approximate surface area is 93.1 Å². The summed E-state index contributed by atoms with van der Waals surface area (Å²) in [5, 5.41) is 8.50. The first-order valence-corrected chi connectivity index (χ1v) is 6.11. The summed E-state index contributed by atoms with van der Waals surface area (Å²) in [6.45, 7) is -0.0740. The van der Waals surface area contributed by atoms with E-state index < -0.39 is 20.7 Å². The molecule has 0 saturated carbocycles. The number of benzene rings is 1. The monoisotopic (exact) mass is 248 g/mol. The van der Waals surface area contributed by atoms with E-state index in [1.54, 1.807) is 0 Å². The zero-order valence-corrected chi connectivity index (χ0v) is 9.30.